The van der Waals surface area contributed by atoms with E-state index in [4.69, 9.17) is 21.3 Å². The average Bonchev–Trinajstić information content (AvgIpc) is 2.96. The molecular formula is C15H25ClN4O. The van der Waals surface area contributed by atoms with Crippen molar-refractivity contribution in [1.82, 2.24) is 19.3 Å². The molecule has 118 valence electrons. The fourth-order valence-electron chi connectivity index (χ4n) is 2.86. The number of fused-ring (bicyclic) bond motifs is 1. The minimum Gasteiger partial charge on any atom is -0.383 e. The number of nitrogens with zero attached hydrogens (tertiary/aromatic N) is 4. The second kappa shape index (κ2) is 7.27. The summed E-state index contributed by atoms with van der Waals surface area (Å²) in [5.41, 5.74) is 3.19. The van der Waals surface area contributed by atoms with Crippen LogP contribution in [-0.4, -0.2) is 38.9 Å². The summed E-state index contributed by atoms with van der Waals surface area (Å²) >= 11 is 5.96. The van der Waals surface area contributed by atoms with Crippen LogP contribution in [0.4, 0.5) is 0 Å². The third kappa shape index (κ3) is 3.09. The van der Waals surface area contributed by atoms with Gasteiger partial charge in [-0.2, -0.15) is 5.10 Å². The molecule has 21 heavy (non-hydrogen) atoms. The van der Waals surface area contributed by atoms with E-state index in [-0.39, 0.29) is 6.04 Å². The summed E-state index contributed by atoms with van der Waals surface area (Å²) in [6, 6.07) is 0.267. The molecule has 2 aromatic heterocycles. The van der Waals surface area contributed by atoms with Crippen LogP contribution in [0.15, 0.2) is 0 Å². The van der Waals surface area contributed by atoms with Gasteiger partial charge < -0.3 is 9.30 Å². The molecule has 1 atom stereocenters. The molecule has 0 aliphatic carbocycles. The summed E-state index contributed by atoms with van der Waals surface area (Å²) in [4.78, 5) is 4.83. The molecule has 0 N–H and O–H groups in total. The van der Waals surface area contributed by atoms with Gasteiger partial charge in [0.05, 0.1) is 18.3 Å². The Bertz CT molecular complexity index is 590. The highest BCUT2D eigenvalue weighted by molar-refractivity contribution is 6.17. The molecule has 2 aromatic rings. The molecule has 6 heteroatoms. The Morgan fingerprint density at radius 1 is 1.29 bits per heavy atom. The summed E-state index contributed by atoms with van der Waals surface area (Å²) < 4.78 is 9.60. The summed E-state index contributed by atoms with van der Waals surface area (Å²) in [6.45, 7) is 5.01. The number of aromatic nitrogens is 4. The Hall–Kier alpha value is -1.07. The zero-order valence-corrected chi connectivity index (χ0v) is 14.2. The second-order valence-electron chi connectivity index (χ2n) is 5.35. The smallest absolute Gasteiger partial charge is 0.159 e. The second-order valence-corrected chi connectivity index (χ2v) is 5.72. The molecule has 2 heterocycles. The van der Waals surface area contributed by atoms with Gasteiger partial charge >= 0.3 is 0 Å². The van der Waals surface area contributed by atoms with E-state index in [0.29, 0.717) is 12.5 Å². The minimum atomic E-state index is 0.267. The van der Waals surface area contributed by atoms with Crippen LogP contribution in [0.25, 0.3) is 11.2 Å². The molecule has 5 nitrogen and oxygen atoms in total. The molecule has 0 bridgehead atoms. The van der Waals surface area contributed by atoms with Crippen molar-refractivity contribution in [1.29, 1.82) is 0 Å². The van der Waals surface area contributed by atoms with Crippen molar-refractivity contribution in [3.63, 3.8) is 0 Å². The highest BCUT2D eigenvalue weighted by Crippen LogP contribution is 2.26. The van der Waals surface area contributed by atoms with Crippen LogP contribution in [-0.2, 0) is 24.6 Å². The molecule has 0 fully saturated rings. The minimum absolute atomic E-state index is 0.267. The predicted molar refractivity (Wildman–Crippen MR) is 86.1 cm³/mol. The third-order valence-corrected chi connectivity index (χ3v) is 4.00. The van der Waals surface area contributed by atoms with Crippen LogP contribution in [0.3, 0.4) is 0 Å². The molecule has 0 aliphatic heterocycles. The first-order valence-electron chi connectivity index (χ1n) is 7.65. The number of aryl methyl sites for hydroxylation is 3. The van der Waals surface area contributed by atoms with Gasteiger partial charge in [0.25, 0.3) is 0 Å². The van der Waals surface area contributed by atoms with Crippen LogP contribution >= 0.6 is 11.6 Å². The lowest BCUT2D eigenvalue weighted by molar-refractivity contribution is 0.153. The van der Waals surface area contributed by atoms with Crippen LogP contribution in [0.2, 0.25) is 0 Å². The van der Waals surface area contributed by atoms with Crippen LogP contribution in [0.1, 0.15) is 44.2 Å². The quantitative estimate of drug-likeness (QED) is 0.704. The van der Waals surface area contributed by atoms with Crippen LogP contribution in [0, 0.1) is 0 Å². The number of alkyl halides is 1. The van der Waals surface area contributed by atoms with E-state index in [2.05, 4.69) is 23.5 Å². The molecular weight excluding hydrogens is 288 g/mol. The first kappa shape index (κ1) is 16.3. The summed E-state index contributed by atoms with van der Waals surface area (Å²) in [5.74, 6) is 1.61. The zero-order valence-electron chi connectivity index (χ0n) is 13.4. The Morgan fingerprint density at radius 3 is 2.62 bits per heavy atom. The van der Waals surface area contributed by atoms with Gasteiger partial charge in [-0.15, -0.1) is 11.6 Å². The Labute approximate surface area is 131 Å². The fraction of sp³-hybridized carbons (Fsp3) is 0.733. The van der Waals surface area contributed by atoms with Crippen LogP contribution in [0.5, 0.6) is 0 Å². The van der Waals surface area contributed by atoms with Crippen molar-refractivity contribution in [2.24, 2.45) is 7.05 Å². The number of imidazole rings is 1. The van der Waals surface area contributed by atoms with E-state index in [1.807, 2.05) is 11.7 Å². The number of hydrogen-bond donors (Lipinski definition) is 0. The van der Waals surface area contributed by atoms with Gasteiger partial charge in [0.1, 0.15) is 11.3 Å². The predicted octanol–water partition coefficient (Wildman–Crippen LogP) is 3.10. The number of halogens is 1. The maximum absolute atomic E-state index is 5.96. The SMILES string of the molecule is CCCc1nn(C)c2c1nc(CCCl)n2C(CC)COC. The lowest BCUT2D eigenvalue weighted by Gasteiger charge is -2.19. The number of rotatable bonds is 8. The van der Waals surface area contributed by atoms with E-state index >= 15 is 0 Å². The Morgan fingerprint density at radius 2 is 2.05 bits per heavy atom. The first-order chi connectivity index (χ1) is 10.2. The maximum Gasteiger partial charge on any atom is 0.159 e. The van der Waals surface area contributed by atoms with Gasteiger partial charge in [-0.05, 0) is 12.8 Å². The fourth-order valence-corrected chi connectivity index (χ4v) is 3.03. The van der Waals surface area contributed by atoms with E-state index in [9.17, 15) is 0 Å². The molecule has 0 spiro atoms. The molecule has 0 saturated carbocycles. The number of hydrogen-bond acceptors (Lipinski definition) is 3. The average molecular weight is 313 g/mol. The van der Waals surface area contributed by atoms with Gasteiger partial charge in [-0.3, -0.25) is 4.68 Å². The molecule has 1 unspecified atom stereocenters. The zero-order chi connectivity index (χ0) is 15.4. The number of methoxy groups -OCH3 is 1. The van der Waals surface area contributed by atoms with E-state index in [1.54, 1.807) is 7.11 Å². The Kier molecular flexibility index (Phi) is 5.65. The van der Waals surface area contributed by atoms with Crippen molar-refractivity contribution in [2.45, 2.75) is 45.6 Å². The summed E-state index contributed by atoms with van der Waals surface area (Å²) in [7, 11) is 3.73. The topological polar surface area (TPSA) is 44.9 Å². The van der Waals surface area contributed by atoms with Crippen molar-refractivity contribution < 1.29 is 4.74 Å². The van der Waals surface area contributed by atoms with E-state index in [1.165, 1.54) is 0 Å². The van der Waals surface area contributed by atoms with Crippen molar-refractivity contribution in [3.05, 3.63) is 11.5 Å². The lowest BCUT2D eigenvalue weighted by Crippen LogP contribution is -2.18. The van der Waals surface area contributed by atoms with Crippen LogP contribution < -0.4 is 0 Å². The highest BCUT2D eigenvalue weighted by atomic mass is 35.5. The van der Waals surface area contributed by atoms with E-state index in [0.717, 1.165) is 48.4 Å². The van der Waals surface area contributed by atoms with Gasteiger partial charge in [-0.25, -0.2) is 4.98 Å². The standard InChI is InChI=1S/C15H25ClN4O/c1-5-7-12-14-15(19(3)18-12)20(11(6-2)10-21-4)13(17-14)8-9-16/h11H,5-10H2,1-4H3. The summed E-state index contributed by atoms with van der Waals surface area (Å²) in [5, 5.41) is 4.64. The lowest BCUT2D eigenvalue weighted by atomic mass is 10.2. The molecule has 0 aromatic carbocycles. The molecule has 0 aliphatic rings. The van der Waals surface area contributed by atoms with E-state index < -0.39 is 0 Å². The summed E-state index contributed by atoms with van der Waals surface area (Å²) in [6.07, 6.45) is 3.78. The van der Waals surface area contributed by atoms with Gasteiger partial charge in [0, 0.05) is 26.5 Å². The first-order valence-corrected chi connectivity index (χ1v) is 8.18. The van der Waals surface area contributed by atoms with Gasteiger partial charge in [0.15, 0.2) is 5.65 Å². The monoisotopic (exact) mass is 312 g/mol. The number of ether oxygens (including phenoxy) is 1. The largest absolute Gasteiger partial charge is 0.383 e. The van der Waals surface area contributed by atoms with Crippen molar-refractivity contribution in [2.75, 3.05) is 19.6 Å². The maximum atomic E-state index is 5.96. The molecule has 0 amide bonds. The molecule has 2 rings (SSSR count). The highest BCUT2D eigenvalue weighted by Gasteiger charge is 2.23. The van der Waals surface area contributed by atoms with Gasteiger partial charge in [-0.1, -0.05) is 20.3 Å². The van der Waals surface area contributed by atoms with Crippen molar-refractivity contribution >= 4 is 22.8 Å². The molecule has 0 radical (unpaired) electrons. The van der Waals surface area contributed by atoms with Crippen molar-refractivity contribution in [3.8, 4) is 0 Å². The third-order valence-electron chi connectivity index (χ3n) is 3.81. The normalized spacial score (nSPS) is 13.2. The molecule has 0 saturated heterocycles. The van der Waals surface area contributed by atoms with Gasteiger partial charge in [0.2, 0.25) is 0 Å². The Balaban J connectivity index is 2.60.